The van der Waals surface area contributed by atoms with Gasteiger partial charge in [0.05, 0.1) is 5.56 Å². The van der Waals surface area contributed by atoms with Gasteiger partial charge in [-0.25, -0.2) is 10.5 Å². The van der Waals surface area contributed by atoms with Gasteiger partial charge in [0, 0.05) is 30.9 Å². The first-order valence-corrected chi connectivity index (χ1v) is 8.27. The monoisotopic (exact) mass is 396 g/mol. The second-order valence-corrected chi connectivity index (χ2v) is 6.15. The molecule has 2 aromatic heterocycles. The lowest BCUT2D eigenvalue weighted by molar-refractivity contribution is -0.238. The largest absolute Gasteiger partial charge is 0.417 e. The van der Waals surface area contributed by atoms with Gasteiger partial charge in [-0.1, -0.05) is 6.92 Å². The molecule has 0 aliphatic carbocycles. The van der Waals surface area contributed by atoms with Crippen molar-refractivity contribution in [2.75, 3.05) is 5.32 Å². The highest BCUT2D eigenvalue weighted by Gasteiger charge is 2.46. The van der Waals surface area contributed by atoms with E-state index in [-0.39, 0.29) is 16.9 Å². The molecule has 0 saturated carbocycles. The lowest BCUT2D eigenvalue weighted by Crippen LogP contribution is -2.42. The minimum Gasteiger partial charge on any atom is -0.311 e. The summed E-state index contributed by atoms with van der Waals surface area (Å²) in [6, 6.07) is 5.66. The number of anilines is 1. The van der Waals surface area contributed by atoms with Crippen LogP contribution in [0.25, 0.3) is 0 Å². The number of hydrogen-bond acceptors (Lipinski definition) is 5. The number of alkyl halides is 3. The molecule has 0 bridgehead atoms. The molecule has 2 unspecified atom stereocenters. The Morgan fingerprint density at radius 3 is 2.54 bits per heavy atom. The van der Waals surface area contributed by atoms with Gasteiger partial charge in [-0.05, 0) is 36.8 Å². The van der Waals surface area contributed by atoms with Crippen molar-refractivity contribution >= 4 is 17.6 Å². The fourth-order valence-corrected chi connectivity index (χ4v) is 2.50. The van der Waals surface area contributed by atoms with Gasteiger partial charge in [0.2, 0.25) is 5.91 Å². The molecule has 2 amide bonds. The molecule has 0 fully saturated rings. The number of pyridine rings is 2. The van der Waals surface area contributed by atoms with Crippen molar-refractivity contribution in [3.63, 3.8) is 0 Å². The van der Waals surface area contributed by atoms with E-state index in [9.17, 15) is 22.8 Å². The number of hydroxylamine groups is 1. The number of halogens is 3. The first-order chi connectivity index (χ1) is 13.1. The predicted molar refractivity (Wildman–Crippen MR) is 94.3 cm³/mol. The Balaban J connectivity index is 2.22. The molecular formula is C18H19F3N4O3. The molecule has 2 heterocycles. The number of nitrogens with one attached hydrogen (secondary N) is 2. The van der Waals surface area contributed by atoms with Crippen LogP contribution in [0.2, 0.25) is 0 Å². The van der Waals surface area contributed by atoms with Crippen LogP contribution in [0.1, 0.15) is 41.4 Å². The second-order valence-electron chi connectivity index (χ2n) is 6.15. The molecule has 0 aliphatic heterocycles. The summed E-state index contributed by atoms with van der Waals surface area (Å²) in [4.78, 5) is 35.7. The van der Waals surface area contributed by atoms with Crippen molar-refractivity contribution < 1.29 is 27.6 Å². The van der Waals surface area contributed by atoms with E-state index in [2.05, 4.69) is 15.3 Å². The van der Waals surface area contributed by atoms with E-state index >= 15 is 0 Å². The minimum atomic E-state index is -4.76. The Labute approximate surface area is 159 Å². The molecule has 7 nitrogen and oxygen atoms in total. The summed E-state index contributed by atoms with van der Waals surface area (Å²) in [5.41, 5.74) is 2.56. The van der Waals surface area contributed by atoms with Crippen molar-refractivity contribution in [3.8, 4) is 0 Å². The average Bonchev–Trinajstić information content (AvgIpc) is 2.60. The van der Waals surface area contributed by atoms with Crippen LogP contribution in [0.3, 0.4) is 0 Å². The van der Waals surface area contributed by atoms with Gasteiger partial charge < -0.3 is 5.32 Å². The number of amides is 2. The zero-order valence-electron chi connectivity index (χ0n) is 15.4. The number of rotatable bonds is 6. The average molecular weight is 396 g/mol. The summed E-state index contributed by atoms with van der Waals surface area (Å²) < 4.78 is 40.6. The van der Waals surface area contributed by atoms with Crippen molar-refractivity contribution in [1.82, 2.24) is 15.4 Å². The molecule has 0 radical (unpaired) electrons. The fraction of sp³-hybridized carbons (Fsp3) is 0.333. The topological polar surface area (TPSA) is 93.2 Å². The van der Waals surface area contributed by atoms with Gasteiger partial charge in [-0.15, -0.1) is 0 Å². The third kappa shape index (κ3) is 5.74. The summed E-state index contributed by atoms with van der Waals surface area (Å²) in [6.45, 7) is 4.17. The Morgan fingerprint density at radius 2 is 1.96 bits per heavy atom. The standard InChI is InChI=1S/C18H19F3N4O3/c1-10-7-14(8-15(23-10)24-12(3)26)11(2)16(18(19,20)21)28-25-17(27)13-5-4-6-22-9-13/h4-9,11,16H,1-3H3,(H,25,27)(H,23,24,26). The first-order valence-electron chi connectivity index (χ1n) is 8.27. The number of aryl methyl sites for hydroxylation is 1. The Bertz CT molecular complexity index is 844. The minimum absolute atomic E-state index is 0.0591. The SMILES string of the molecule is CC(=O)Nc1cc(C(C)C(ONC(=O)c2cccnc2)C(F)(F)F)cc(C)n1. The summed E-state index contributed by atoms with van der Waals surface area (Å²) in [5, 5.41) is 2.44. The third-order valence-electron chi connectivity index (χ3n) is 3.78. The summed E-state index contributed by atoms with van der Waals surface area (Å²) in [6.07, 6.45) is -4.44. The van der Waals surface area contributed by atoms with Crippen molar-refractivity contribution in [3.05, 3.63) is 53.5 Å². The van der Waals surface area contributed by atoms with E-state index in [4.69, 9.17) is 4.84 Å². The predicted octanol–water partition coefficient (Wildman–Crippen LogP) is 3.14. The molecular weight excluding hydrogens is 377 g/mol. The quantitative estimate of drug-likeness (QED) is 0.732. The van der Waals surface area contributed by atoms with E-state index in [1.165, 1.54) is 50.5 Å². The van der Waals surface area contributed by atoms with Crippen LogP contribution in [0.5, 0.6) is 0 Å². The van der Waals surface area contributed by atoms with Gasteiger partial charge in [-0.2, -0.15) is 13.2 Å². The maximum absolute atomic E-state index is 13.5. The molecule has 2 aromatic rings. The first kappa shape index (κ1) is 21.3. The molecule has 0 aliphatic rings. The van der Waals surface area contributed by atoms with Crippen LogP contribution in [0.4, 0.5) is 19.0 Å². The lowest BCUT2D eigenvalue weighted by atomic mass is 9.95. The smallest absolute Gasteiger partial charge is 0.311 e. The Morgan fingerprint density at radius 1 is 1.25 bits per heavy atom. The highest BCUT2D eigenvalue weighted by Crippen LogP contribution is 2.34. The third-order valence-corrected chi connectivity index (χ3v) is 3.78. The normalized spacial score (nSPS) is 13.5. The van der Waals surface area contributed by atoms with Crippen LogP contribution in [0, 0.1) is 6.92 Å². The number of carbonyl (C=O) groups excluding carboxylic acids is 2. The molecule has 10 heteroatoms. The van der Waals surface area contributed by atoms with E-state index in [1.807, 2.05) is 5.48 Å². The maximum Gasteiger partial charge on any atom is 0.417 e. The van der Waals surface area contributed by atoms with Gasteiger partial charge in [-0.3, -0.25) is 19.4 Å². The number of hydrogen-bond donors (Lipinski definition) is 2. The Hall–Kier alpha value is -3.01. The van der Waals surface area contributed by atoms with Crippen molar-refractivity contribution in [2.24, 2.45) is 0 Å². The maximum atomic E-state index is 13.5. The molecule has 2 rings (SSSR count). The highest BCUT2D eigenvalue weighted by molar-refractivity contribution is 5.93. The molecule has 2 N–H and O–H groups in total. The summed E-state index contributed by atoms with van der Waals surface area (Å²) >= 11 is 0. The van der Waals surface area contributed by atoms with Crippen molar-refractivity contribution in [1.29, 1.82) is 0 Å². The molecule has 2 atom stereocenters. The van der Waals surface area contributed by atoms with E-state index in [0.29, 0.717) is 5.69 Å². The molecule has 0 spiro atoms. The van der Waals surface area contributed by atoms with Gasteiger partial charge >= 0.3 is 6.18 Å². The summed E-state index contributed by atoms with van der Waals surface area (Å²) in [5.74, 6) is -2.30. The van der Waals surface area contributed by atoms with Gasteiger partial charge in [0.15, 0.2) is 6.10 Å². The van der Waals surface area contributed by atoms with Crippen LogP contribution < -0.4 is 10.8 Å². The molecule has 150 valence electrons. The van der Waals surface area contributed by atoms with Crippen LogP contribution in [-0.2, 0) is 9.63 Å². The molecule has 28 heavy (non-hydrogen) atoms. The van der Waals surface area contributed by atoms with E-state index < -0.39 is 30.0 Å². The fourth-order valence-electron chi connectivity index (χ4n) is 2.50. The van der Waals surface area contributed by atoms with Gasteiger partial charge in [0.25, 0.3) is 5.91 Å². The van der Waals surface area contributed by atoms with Crippen LogP contribution >= 0.6 is 0 Å². The van der Waals surface area contributed by atoms with Gasteiger partial charge in [0.1, 0.15) is 5.82 Å². The lowest BCUT2D eigenvalue weighted by Gasteiger charge is -2.26. The zero-order chi connectivity index (χ0) is 20.9. The van der Waals surface area contributed by atoms with E-state index in [0.717, 1.165) is 0 Å². The Kier molecular flexibility index (Phi) is 6.68. The molecule has 0 aromatic carbocycles. The zero-order valence-corrected chi connectivity index (χ0v) is 15.4. The highest BCUT2D eigenvalue weighted by atomic mass is 19.4. The number of aromatic nitrogens is 2. The number of carbonyl (C=O) groups is 2. The van der Waals surface area contributed by atoms with Crippen LogP contribution in [0.15, 0.2) is 36.7 Å². The van der Waals surface area contributed by atoms with Crippen molar-refractivity contribution in [2.45, 2.75) is 39.0 Å². The second kappa shape index (κ2) is 8.79. The number of nitrogens with zero attached hydrogens (tertiary/aromatic N) is 2. The van der Waals surface area contributed by atoms with E-state index in [1.54, 1.807) is 6.92 Å². The van der Waals surface area contributed by atoms with Crippen LogP contribution in [-0.4, -0.2) is 34.1 Å². The molecule has 0 saturated heterocycles. The summed E-state index contributed by atoms with van der Waals surface area (Å²) in [7, 11) is 0.